The minimum atomic E-state index is 0.356. The molecule has 0 fully saturated rings. The summed E-state index contributed by atoms with van der Waals surface area (Å²) in [5, 5.41) is 0. The summed E-state index contributed by atoms with van der Waals surface area (Å²) in [6.45, 7) is 12.5. The number of hydrogen-bond acceptors (Lipinski definition) is 0. The Bertz CT molecular complexity index is 187. The third kappa shape index (κ3) is 5.96. The molecule has 0 spiro atoms. The molecule has 0 saturated heterocycles. The number of allylic oxidation sites excluding steroid dienone is 5. The van der Waals surface area contributed by atoms with E-state index in [0.717, 1.165) is 6.42 Å². The SMILES string of the molecule is C=C/C=C(\C=C/C)CC(C)(C)C. The van der Waals surface area contributed by atoms with Crippen molar-refractivity contribution in [2.45, 2.75) is 34.1 Å². The molecule has 12 heavy (non-hydrogen) atoms. The Balaban J connectivity index is 4.34. The Morgan fingerprint density at radius 1 is 1.33 bits per heavy atom. The molecule has 0 aromatic carbocycles. The Morgan fingerprint density at radius 3 is 2.25 bits per heavy atom. The molecule has 0 saturated carbocycles. The summed E-state index contributed by atoms with van der Waals surface area (Å²) >= 11 is 0. The maximum absolute atomic E-state index is 3.70. The van der Waals surface area contributed by atoms with Crippen LogP contribution in [0.3, 0.4) is 0 Å². The van der Waals surface area contributed by atoms with Crippen LogP contribution in [-0.2, 0) is 0 Å². The highest BCUT2D eigenvalue weighted by atomic mass is 14.2. The van der Waals surface area contributed by atoms with Crippen LogP contribution in [0.2, 0.25) is 0 Å². The third-order valence-electron chi connectivity index (χ3n) is 1.45. The largest absolute Gasteiger partial charge is 0.0991 e. The van der Waals surface area contributed by atoms with E-state index < -0.39 is 0 Å². The van der Waals surface area contributed by atoms with E-state index in [1.165, 1.54) is 5.57 Å². The summed E-state index contributed by atoms with van der Waals surface area (Å²) in [7, 11) is 0. The molecule has 0 unspecified atom stereocenters. The van der Waals surface area contributed by atoms with E-state index in [1.807, 2.05) is 13.0 Å². The summed E-state index contributed by atoms with van der Waals surface area (Å²) in [4.78, 5) is 0. The van der Waals surface area contributed by atoms with Crippen LogP contribution in [0.15, 0.2) is 36.5 Å². The molecule has 0 bridgehead atoms. The quantitative estimate of drug-likeness (QED) is 0.551. The van der Waals surface area contributed by atoms with Gasteiger partial charge in [-0.1, -0.05) is 51.7 Å². The van der Waals surface area contributed by atoms with E-state index >= 15 is 0 Å². The van der Waals surface area contributed by atoms with Crippen molar-refractivity contribution in [3.8, 4) is 0 Å². The number of hydrogen-bond donors (Lipinski definition) is 0. The molecule has 0 aliphatic carbocycles. The third-order valence-corrected chi connectivity index (χ3v) is 1.45. The van der Waals surface area contributed by atoms with Crippen LogP contribution >= 0.6 is 0 Å². The van der Waals surface area contributed by atoms with Crippen molar-refractivity contribution in [1.82, 2.24) is 0 Å². The molecular formula is C12H20. The van der Waals surface area contributed by atoms with Crippen LogP contribution in [0.25, 0.3) is 0 Å². The van der Waals surface area contributed by atoms with E-state index in [-0.39, 0.29) is 0 Å². The van der Waals surface area contributed by atoms with Gasteiger partial charge in [0.25, 0.3) is 0 Å². The zero-order valence-corrected chi connectivity index (χ0v) is 8.72. The minimum absolute atomic E-state index is 0.356. The van der Waals surface area contributed by atoms with Crippen LogP contribution in [0, 0.1) is 5.41 Å². The van der Waals surface area contributed by atoms with Gasteiger partial charge in [-0.15, -0.1) is 0 Å². The standard InChI is InChI=1S/C12H20/c1-6-8-11(9-7-2)10-12(3,4)5/h6-9H,1,10H2,2-5H3/b9-7-,11-8+. The second kappa shape index (κ2) is 4.97. The van der Waals surface area contributed by atoms with Crippen LogP contribution in [0.4, 0.5) is 0 Å². The van der Waals surface area contributed by atoms with Gasteiger partial charge in [0.2, 0.25) is 0 Å². The smallest absolute Gasteiger partial charge is 0.0230 e. The van der Waals surface area contributed by atoms with Crippen molar-refractivity contribution in [3.05, 3.63) is 36.5 Å². The average Bonchev–Trinajstić information content (AvgIpc) is 1.84. The van der Waals surface area contributed by atoms with Gasteiger partial charge < -0.3 is 0 Å². The Morgan fingerprint density at radius 2 is 1.92 bits per heavy atom. The first-order valence-corrected chi connectivity index (χ1v) is 4.44. The molecule has 0 aliphatic rings. The maximum Gasteiger partial charge on any atom is -0.0230 e. The highest BCUT2D eigenvalue weighted by molar-refractivity contribution is 5.23. The predicted molar refractivity (Wildman–Crippen MR) is 57.2 cm³/mol. The van der Waals surface area contributed by atoms with Crippen LogP contribution in [0.1, 0.15) is 34.1 Å². The van der Waals surface area contributed by atoms with Gasteiger partial charge in [-0.3, -0.25) is 0 Å². The zero-order chi connectivity index (χ0) is 9.61. The second-order valence-electron chi connectivity index (χ2n) is 4.21. The summed E-state index contributed by atoms with van der Waals surface area (Å²) < 4.78 is 0. The van der Waals surface area contributed by atoms with Gasteiger partial charge in [0.05, 0.1) is 0 Å². The fourth-order valence-corrected chi connectivity index (χ4v) is 1.15. The van der Waals surface area contributed by atoms with Crippen molar-refractivity contribution in [2.75, 3.05) is 0 Å². The summed E-state index contributed by atoms with van der Waals surface area (Å²) in [6, 6.07) is 0. The fraction of sp³-hybridized carbons (Fsp3) is 0.500. The molecule has 0 aromatic rings. The average molecular weight is 164 g/mol. The Labute approximate surface area is 76.7 Å². The lowest BCUT2D eigenvalue weighted by Gasteiger charge is -2.18. The van der Waals surface area contributed by atoms with Gasteiger partial charge >= 0.3 is 0 Å². The molecule has 0 radical (unpaired) electrons. The van der Waals surface area contributed by atoms with Crippen molar-refractivity contribution in [1.29, 1.82) is 0 Å². The Hall–Kier alpha value is -0.780. The van der Waals surface area contributed by atoms with E-state index in [9.17, 15) is 0 Å². The molecule has 0 amide bonds. The minimum Gasteiger partial charge on any atom is -0.0991 e. The van der Waals surface area contributed by atoms with Gasteiger partial charge in [0, 0.05) is 0 Å². The molecule has 0 N–H and O–H groups in total. The molecule has 0 aliphatic heterocycles. The fourth-order valence-electron chi connectivity index (χ4n) is 1.15. The first-order chi connectivity index (χ1) is 5.49. The highest BCUT2D eigenvalue weighted by Gasteiger charge is 2.10. The molecule has 68 valence electrons. The summed E-state index contributed by atoms with van der Waals surface area (Å²) in [5.41, 5.74) is 1.70. The summed E-state index contributed by atoms with van der Waals surface area (Å²) in [5.74, 6) is 0. The monoisotopic (exact) mass is 164 g/mol. The molecular weight excluding hydrogens is 144 g/mol. The van der Waals surface area contributed by atoms with Crippen LogP contribution < -0.4 is 0 Å². The first kappa shape index (κ1) is 11.2. The lowest BCUT2D eigenvalue weighted by Crippen LogP contribution is -2.05. The van der Waals surface area contributed by atoms with Gasteiger partial charge in [0.15, 0.2) is 0 Å². The normalized spacial score (nSPS) is 13.8. The molecule has 0 heterocycles. The molecule has 0 rings (SSSR count). The molecule has 0 heteroatoms. The molecule has 0 atom stereocenters. The van der Waals surface area contributed by atoms with Crippen molar-refractivity contribution >= 4 is 0 Å². The van der Waals surface area contributed by atoms with E-state index in [1.54, 1.807) is 0 Å². The van der Waals surface area contributed by atoms with Gasteiger partial charge in [-0.05, 0) is 24.3 Å². The van der Waals surface area contributed by atoms with Crippen LogP contribution in [0.5, 0.6) is 0 Å². The highest BCUT2D eigenvalue weighted by Crippen LogP contribution is 2.24. The molecule has 0 aromatic heterocycles. The summed E-state index contributed by atoms with van der Waals surface area (Å²) in [6.07, 6.45) is 9.24. The Kier molecular flexibility index (Phi) is 4.65. The van der Waals surface area contributed by atoms with E-state index in [0.29, 0.717) is 5.41 Å². The van der Waals surface area contributed by atoms with Gasteiger partial charge in [0.1, 0.15) is 0 Å². The van der Waals surface area contributed by atoms with Gasteiger partial charge in [-0.2, -0.15) is 0 Å². The lowest BCUT2D eigenvalue weighted by atomic mass is 9.87. The van der Waals surface area contributed by atoms with Crippen molar-refractivity contribution in [3.63, 3.8) is 0 Å². The number of rotatable bonds is 3. The van der Waals surface area contributed by atoms with Crippen molar-refractivity contribution in [2.24, 2.45) is 5.41 Å². The van der Waals surface area contributed by atoms with E-state index in [2.05, 4.69) is 45.6 Å². The molecule has 0 nitrogen and oxygen atoms in total. The maximum atomic E-state index is 3.70. The second-order valence-corrected chi connectivity index (χ2v) is 4.21. The van der Waals surface area contributed by atoms with Gasteiger partial charge in [-0.25, -0.2) is 0 Å². The zero-order valence-electron chi connectivity index (χ0n) is 8.72. The topological polar surface area (TPSA) is 0 Å². The van der Waals surface area contributed by atoms with Crippen molar-refractivity contribution < 1.29 is 0 Å². The van der Waals surface area contributed by atoms with E-state index in [4.69, 9.17) is 0 Å². The van der Waals surface area contributed by atoms with Crippen LogP contribution in [-0.4, -0.2) is 0 Å². The lowest BCUT2D eigenvalue weighted by molar-refractivity contribution is 0.413. The predicted octanol–water partition coefficient (Wildman–Crippen LogP) is 4.11. The first-order valence-electron chi connectivity index (χ1n) is 4.44.